The van der Waals surface area contributed by atoms with Crippen molar-refractivity contribution in [2.75, 3.05) is 30.3 Å². The van der Waals surface area contributed by atoms with Crippen LogP contribution in [0.5, 0.6) is 0 Å². The summed E-state index contributed by atoms with van der Waals surface area (Å²) in [7, 11) is -0.927. The summed E-state index contributed by atoms with van der Waals surface area (Å²) in [5, 5.41) is 2.93. The molecule has 1 saturated heterocycles. The maximum atomic E-state index is 12.2. The Kier molecular flexibility index (Phi) is 6.10. The molecule has 1 N–H and O–H groups in total. The van der Waals surface area contributed by atoms with Gasteiger partial charge in [0.05, 0.1) is 6.20 Å². The van der Waals surface area contributed by atoms with E-state index in [1.54, 1.807) is 18.6 Å². The predicted octanol–water partition coefficient (Wildman–Crippen LogP) is 1.36. The highest BCUT2D eigenvalue weighted by Gasteiger charge is 2.26. The van der Waals surface area contributed by atoms with Crippen LogP contribution in [0.15, 0.2) is 18.6 Å². The normalized spacial score (nSPS) is 17.8. The third-order valence-corrected chi connectivity index (χ3v) is 5.95. The van der Waals surface area contributed by atoms with Gasteiger partial charge in [-0.1, -0.05) is 0 Å². The van der Waals surface area contributed by atoms with Crippen LogP contribution in [-0.4, -0.2) is 50.2 Å². The molecule has 0 saturated carbocycles. The van der Waals surface area contributed by atoms with E-state index in [0.717, 1.165) is 31.7 Å². The summed E-state index contributed by atoms with van der Waals surface area (Å²) in [6, 6.07) is 0. The fourth-order valence-corrected chi connectivity index (χ4v) is 3.44. The first-order valence-electron chi connectivity index (χ1n) is 8.05. The van der Waals surface area contributed by atoms with Crippen molar-refractivity contribution in [3.63, 3.8) is 0 Å². The Hall–Kier alpha value is -1.50. The Morgan fingerprint density at radius 2 is 2.04 bits per heavy atom. The third kappa shape index (κ3) is 5.27. The number of aromatic nitrogens is 2. The van der Waals surface area contributed by atoms with Crippen LogP contribution in [0, 0.1) is 5.92 Å². The second-order valence-corrected chi connectivity index (χ2v) is 9.10. The average molecular weight is 338 g/mol. The monoisotopic (exact) mass is 338 g/mol. The van der Waals surface area contributed by atoms with Gasteiger partial charge in [-0.3, -0.25) is 14.0 Å². The molecular formula is C16H26N4O2S. The SMILES string of the molecule is CC(C)(C)S(=O)CCNC(=O)C1CCN(c2cnccn2)CC1. The molecule has 1 aromatic rings. The first-order chi connectivity index (χ1) is 10.9. The lowest BCUT2D eigenvalue weighted by Crippen LogP contribution is -2.42. The van der Waals surface area contributed by atoms with E-state index in [0.29, 0.717) is 12.3 Å². The van der Waals surface area contributed by atoms with Crippen LogP contribution in [0.1, 0.15) is 33.6 Å². The molecule has 1 atom stereocenters. The van der Waals surface area contributed by atoms with Crippen LogP contribution in [0.2, 0.25) is 0 Å². The second kappa shape index (κ2) is 7.86. The van der Waals surface area contributed by atoms with Crippen LogP contribution in [-0.2, 0) is 15.6 Å². The molecule has 23 heavy (non-hydrogen) atoms. The van der Waals surface area contributed by atoms with Crippen LogP contribution in [0.3, 0.4) is 0 Å². The van der Waals surface area contributed by atoms with E-state index in [1.165, 1.54) is 0 Å². The van der Waals surface area contributed by atoms with E-state index < -0.39 is 10.8 Å². The highest BCUT2D eigenvalue weighted by Crippen LogP contribution is 2.21. The van der Waals surface area contributed by atoms with Gasteiger partial charge in [0.1, 0.15) is 5.82 Å². The summed E-state index contributed by atoms with van der Waals surface area (Å²) in [4.78, 5) is 22.7. The molecule has 0 aliphatic carbocycles. The molecule has 0 bridgehead atoms. The molecule has 1 unspecified atom stereocenters. The minimum Gasteiger partial charge on any atom is -0.355 e. The molecule has 7 heteroatoms. The number of carbonyl (C=O) groups is 1. The lowest BCUT2D eigenvalue weighted by Gasteiger charge is -2.31. The zero-order valence-corrected chi connectivity index (χ0v) is 14.9. The summed E-state index contributed by atoms with van der Waals surface area (Å²) in [6.07, 6.45) is 6.71. The number of nitrogens with one attached hydrogen (secondary N) is 1. The van der Waals surface area contributed by atoms with Crippen LogP contribution >= 0.6 is 0 Å². The number of nitrogens with zero attached hydrogens (tertiary/aromatic N) is 3. The summed E-state index contributed by atoms with van der Waals surface area (Å²) in [5.41, 5.74) is 0. The van der Waals surface area contributed by atoms with E-state index in [1.807, 2.05) is 20.8 Å². The molecule has 0 radical (unpaired) electrons. The van der Waals surface area contributed by atoms with Gasteiger partial charge in [-0.05, 0) is 33.6 Å². The first-order valence-corrected chi connectivity index (χ1v) is 9.37. The van der Waals surface area contributed by atoms with Crippen molar-refractivity contribution in [2.24, 2.45) is 5.92 Å². The quantitative estimate of drug-likeness (QED) is 0.877. The Labute approximate surface area is 140 Å². The number of carbonyl (C=O) groups excluding carboxylic acids is 1. The average Bonchev–Trinajstić information content (AvgIpc) is 2.54. The van der Waals surface area contributed by atoms with Gasteiger partial charge in [0, 0.05) is 59.2 Å². The molecule has 128 valence electrons. The van der Waals surface area contributed by atoms with E-state index >= 15 is 0 Å². The number of anilines is 1. The Balaban J connectivity index is 1.73. The van der Waals surface area contributed by atoms with Gasteiger partial charge in [-0.2, -0.15) is 0 Å². The number of hydrogen-bond acceptors (Lipinski definition) is 5. The van der Waals surface area contributed by atoms with Crippen molar-refractivity contribution in [1.82, 2.24) is 15.3 Å². The van der Waals surface area contributed by atoms with Crippen molar-refractivity contribution in [2.45, 2.75) is 38.4 Å². The highest BCUT2D eigenvalue weighted by atomic mass is 32.2. The number of rotatable bonds is 5. The zero-order chi connectivity index (χ0) is 16.9. The molecule has 2 heterocycles. The Morgan fingerprint density at radius 3 is 2.61 bits per heavy atom. The smallest absolute Gasteiger partial charge is 0.223 e. The Morgan fingerprint density at radius 1 is 1.35 bits per heavy atom. The van der Waals surface area contributed by atoms with E-state index in [9.17, 15) is 9.00 Å². The number of amides is 1. The maximum absolute atomic E-state index is 12.2. The molecule has 2 rings (SSSR count). The van der Waals surface area contributed by atoms with Crippen LogP contribution in [0.4, 0.5) is 5.82 Å². The van der Waals surface area contributed by atoms with Gasteiger partial charge in [0.15, 0.2) is 0 Å². The minimum absolute atomic E-state index is 0.0333. The van der Waals surface area contributed by atoms with E-state index in [-0.39, 0.29) is 16.6 Å². The van der Waals surface area contributed by atoms with E-state index in [4.69, 9.17) is 0 Å². The van der Waals surface area contributed by atoms with Crippen molar-refractivity contribution >= 4 is 22.5 Å². The first kappa shape index (κ1) is 17.8. The van der Waals surface area contributed by atoms with Gasteiger partial charge in [0.2, 0.25) is 5.91 Å². The zero-order valence-electron chi connectivity index (χ0n) is 14.1. The van der Waals surface area contributed by atoms with Crippen LogP contribution < -0.4 is 10.2 Å². The van der Waals surface area contributed by atoms with E-state index in [2.05, 4.69) is 20.2 Å². The van der Waals surface area contributed by atoms with Gasteiger partial charge in [0.25, 0.3) is 0 Å². The molecule has 1 aromatic heterocycles. The standard InChI is InChI=1S/C16H26N4O2S/c1-16(2,3)23(22)11-8-19-15(21)13-4-9-20(10-5-13)14-12-17-6-7-18-14/h6-7,12-13H,4-5,8-11H2,1-3H3,(H,19,21). The Bertz CT molecular complexity index is 537. The largest absolute Gasteiger partial charge is 0.355 e. The fourth-order valence-electron chi connectivity index (χ4n) is 2.54. The van der Waals surface area contributed by atoms with Gasteiger partial charge >= 0.3 is 0 Å². The topological polar surface area (TPSA) is 75.2 Å². The number of piperidine rings is 1. The van der Waals surface area contributed by atoms with Crippen LogP contribution in [0.25, 0.3) is 0 Å². The van der Waals surface area contributed by atoms with Crippen molar-refractivity contribution < 1.29 is 9.00 Å². The fraction of sp³-hybridized carbons (Fsp3) is 0.688. The van der Waals surface area contributed by atoms with Crippen molar-refractivity contribution in [3.05, 3.63) is 18.6 Å². The molecule has 1 amide bonds. The molecule has 0 aromatic carbocycles. The second-order valence-electron chi connectivity index (χ2n) is 6.78. The third-order valence-electron chi connectivity index (χ3n) is 4.01. The molecule has 1 fully saturated rings. The molecule has 0 spiro atoms. The molecular weight excluding hydrogens is 312 g/mol. The maximum Gasteiger partial charge on any atom is 0.223 e. The summed E-state index contributed by atoms with van der Waals surface area (Å²) in [5.74, 6) is 1.49. The number of hydrogen-bond donors (Lipinski definition) is 1. The predicted molar refractivity (Wildman–Crippen MR) is 92.7 cm³/mol. The minimum atomic E-state index is -0.927. The highest BCUT2D eigenvalue weighted by molar-refractivity contribution is 7.86. The molecule has 1 aliphatic heterocycles. The van der Waals surface area contributed by atoms with Gasteiger partial charge in [-0.25, -0.2) is 4.98 Å². The summed E-state index contributed by atoms with van der Waals surface area (Å²) < 4.78 is 11.7. The van der Waals surface area contributed by atoms with Gasteiger partial charge < -0.3 is 10.2 Å². The lowest BCUT2D eigenvalue weighted by atomic mass is 9.96. The summed E-state index contributed by atoms with van der Waals surface area (Å²) in [6.45, 7) is 7.95. The summed E-state index contributed by atoms with van der Waals surface area (Å²) >= 11 is 0. The van der Waals surface area contributed by atoms with Crippen molar-refractivity contribution in [1.29, 1.82) is 0 Å². The molecule has 6 nitrogen and oxygen atoms in total. The van der Waals surface area contributed by atoms with Crippen molar-refractivity contribution in [3.8, 4) is 0 Å². The van der Waals surface area contributed by atoms with Gasteiger partial charge in [-0.15, -0.1) is 0 Å². The molecule has 1 aliphatic rings. The lowest BCUT2D eigenvalue weighted by molar-refractivity contribution is -0.125.